The number of nitrogen functional groups attached to an aromatic ring is 1. The van der Waals surface area contributed by atoms with Gasteiger partial charge in [0, 0.05) is 5.56 Å². The highest BCUT2D eigenvalue weighted by Crippen LogP contribution is 2.30. The van der Waals surface area contributed by atoms with Crippen molar-refractivity contribution in [3.8, 4) is 0 Å². The number of halogens is 3. The van der Waals surface area contributed by atoms with Crippen molar-refractivity contribution in [2.45, 2.75) is 36.5 Å². The van der Waals surface area contributed by atoms with Crippen molar-refractivity contribution in [1.82, 2.24) is 9.55 Å². The molecule has 0 saturated heterocycles. The summed E-state index contributed by atoms with van der Waals surface area (Å²) >= 11 is 17.0. The second-order valence-corrected chi connectivity index (χ2v) is 7.16. The number of carbonyl (C=O) groups excluding carboxylic acids is 1. The fraction of sp³-hybridized carbons (Fsp3) is 0.545. The maximum Gasteiger partial charge on any atom is 0.349 e. The molecule has 112 valence electrons. The molecule has 0 saturated carbocycles. The number of anilines is 1. The first kappa shape index (κ1) is 17.1. The van der Waals surface area contributed by atoms with Gasteiger partial charge in [-0.25, -0.2) is 4.79 Å². The van der Waals surface area contributed by atoms with Crippen LogP contribution >= 0.6 is 34.8 Å². The van der Waals surface area contributed by atoms with Crippen LogP contribution in [0.1, 0.15) is 31.0 Å². The third kappa shape index (κ3) is 4.26. The molecule has 1 rings (SSSR count). The summed E-state index contributed by atoms with van der Waals surface area (Å²) in [5.74, 6) is -0.543. The van der Waals surface area contributed by atoms with Crippen molar-refractivity contribution in [2.75, 3.05) is 5.73 Å². The number of hydrogen-bond acceptors (Lipinski definition) is 4. The molecule has 0 atom stereocenters. The molecule has 0 aromatic carbocycles. The van der Waals surface area contributed by atoms with Gasteiger partial charge in [-0.15, -0.1) is 0 Å². The first-order chi connectivity index (χ1) is 9.03. The molecule has 1 aromatic rings. The van der Waals surface area contributed by atoms with Crippen LogP contribution in [0.15, 0.2) is 4.79 Å². The SMILES string of the molecule is CC(C)c1c(CC(N)=O)nc(=O)n(CC(Cl)(Cl)Cl)c1N. The number of hydrogen-bond donors (Lipinski definition) is 2. The Morgan fingerprint density at radius 2 is 1.95 bits per heavy atom. The Morgan fingerprint density at radius 1 is 1.40 bits per heavy atom. The molecule has 1 amide bonds. The largest absolute Gasteiger partial charge is 0.385 e. The van der Waals surface area contributed by atoms with E-state index in [-0.39, 0.29) is 30.4 Å². The van der Waals surface area contributed by atoms with Crippen LogP contribution in [-0.4, -0.2) is 19.3 Å². The first-order valence-corrected chi connectivity index (χ1v) is 6.90. The summed E-state index contributed by atoms with van der Waals surface area (Å²) in [7, 11) is 0. The van der Waals surface area contributed by atoms with Gasteiger partial charge in [0.1, 0.15) is 5.82 Å². The summed E-state index contributed by atoms with van der Waals surface area (Å²) in [6, 6.07) is 0. The lowest BCUT2D eigenvalue weighted by atomic mass is 10.00. The van der Waals surface area contributed by atoms with Crippen LogP contribution in [0.3, 0.4) is 0 Å². The monoisotopic (exact) mass is 340 g/mol. The zero-order valence-corrected chi connectivity index (χ0v) is 13.3. The number of alkyl halides is 3. The topological polar surface area (TPSA) is 104 Å². The van der Waals surface area contributed by atoms with Crippen molar-refractivity contribution in [2.24, 2.45) is 5.73 Å². The number of nitrogens with zero attached hydrogens (tertiary/aromatic N) is 2. The fourth-order valence-electron chi connectivity index (χ4n) is 1.89. The van der Waals surface area contributed by atoms with Gasteiger partial charge in [-0.05, 0) is 5.92 Å². The summed E-state index contributed by atoms with van der Waals surface area (Å²) in [5.41, 5.74) is 11.2. The van der Waals surface area contributed by atoms with Crippen LogP contribution in [0.4, 0.5) is 5.82 Å². The van der Waals surface area contributed by atoms with Crippen molar-refractivity contribution in [3.05, 3.63) is 21.7 Å². The normalized spacial score (nSPS) is 11.9. The minimum atomic E-state index is -1.68. The summed E-state index contributed by atoms with van der Waals surface area (Å²) in [6.07, 6.45) is -0.165. The Hall–Kier alpha value is -0.980. The highest BCUT2D eigenvalue weighted by molar-refractivity contribution is 6.67. The fourth-order valence-corrected chi connectivity index (χ4v) is 2.25. The molecule has 20 heavy (non-hydrogen) atoms. The lowest BCUT2D eigenvalue weighted by Crippen LogP contribution is -2.34. The highest BCUT2D eigenvalue weighted by Gasteiger charge is 2.25. The van der Waals surface area contributed by atoms with Crippen LogP contribution in [-0.2, 0) is 17.8 Å². The maximum absolute atomic E-state index is 11.9. The number of carbonyl (C=O) groups is 1. The summed E-state index contributed by atoms with van der Waals surface area (Å²) in [6.45, 7) is 3.47. The molecular formula is C11H15Cl3N4O2. The van der Waals surface area contributed by atoms with E-state index in [4.69, 9.17) is 46.3 Å². The number of amides is 1. The van der Waals surface area contributed by atoms with E-state index in [1.807, 2.05) is 13.8 Å². The predicted octanol–water partition coefficient (Wildman–Crippen LogP) is 1.35. The predicted molar refractivity (Wildman–Crippen MR) is 80.2 cm³/mol. The van der Waals surface area contributed by atoms with E-state index in [1.54, 1.807) is 0 Å². The molecule has 0 fully saturated rings. The minimum absolute atomic E-state index is 0.0703. The molecule has 0 aliphatic heterocycles. The van der Waals surface area contributed by atoms with Crippen LogP contribution in [0, 0.1) is 0 Å². The Morgan fingerprint density at radius 3 is 2.35 bits per heavy atom. The van der Waals surface area contributed by atoms with Crippen molar-refractivity contribution < 1.29 is 4.79 Å². The van der Waals surface area contributed by atoms with Crippen LogP contribution < -0.4 is 17.2 Å². The summed E-state index contributed by atoms with van der Waals surface area (Å²) in [5, 5.41) is 0. The molecular weight excluding hydrogens is 327 g/mol. The van der Waals surface area contributed by atoms with Crippen LogP contribution in [0.25, 0.3) is 0 Å². The standard InChI is InChI=1S/C11H15Cl3N4O2/c1-5(2)8-6(3-7(15)19)17-10(20)18(9(8)16)4-11(12,13)14/h5H,3-4,16H2,1-2H3,(H2,15,19). The molecule has 0 bridgehead atoms. The van der Waals surface area contributed by atoms with E-state index in [0.717, 1.165) is 4.57 Å². The van der Waals surface area contributed by atoms with Gasteiger partial charge in [0.2, 0.25) is 9.70 Å². The average molecular weight is 342 g/mol. The molecule has 4 N–H and O–H groups in total. The molecule has 0 aliphatic carbocycles. The van der Waals surface area contributed by atoms with E-state index in [0.29, 0.717) is 5.56 Å². The summed E-state index contributed by atoms with van der Waals surface area (Å²) < 4.78 is -0.605. The van der Waals surface area contributed by atoms with Crippen molar-refractivity contribution in [1.29, 1.82) is 0 Å². The van der Waals surface area contributed by atoms with Crippen molar-refractivity contribution >= 4 is 46.5 Å². The highest BCUT2D eigenvalue weighted by atomic mass is 35.6. The number of nitrogens with two attached hydrogens (primary N) is 2. The van der Waals surface area contributed by atoms with Gasteiger partial charge >= 0.3 is 5.69 Å². The molecule has 0 radical (unpaired) electrons. The number of aromatic nitrogens is 2. The zero-order chi connectivity index (χ0) is 15.7. The Kier molecular flexibility index (Phi) is 5.29. The lowest BCUT2D eigenvalue weighted by Gasteiger charge is -2.20. The van der Waals surface area contributed by atoms with Gasteiger partial charge in [0.05, 0.1) is 18.7 Å². The van der Waals surface area contributed by atoms with Gasteiger partial charge in [-0.1, -0.05) is 48.7 Å². The van der Waals surface area contributed by atoms with E-state index >= 15 is 0 Å². The molecule has 0 spiro atoms. The maximum atomic E-state index is 11.9. The van der Waals surface area contributed by atoms with E-state index in [2.05, 4.69) is 4.98 Å². The number of rotatable bonds is 4. The second kappa shape index (κ2) is 6.20. The lowest BCUT2D eigenvalue weighted by molar-refractivity contribution is -0.117. The first-order valence-electron chi connectivity index (χ1n) is 5.77. The van der Waals surface area contributed by atoms with E-state index in [1.165, 1.54) is 0 Å². The Balaban J connectivity index is 3.48. The third-order valence-corrected chi connectivity index (χ3v) is 2.95. The number of primary amides is 1. The Bertz CT molecular complexity index is 578. The Labute approximate surface area is 131 Å². The molecule has 1 aromatic heterocycles. The minimum Gasteiger partial charge on any atom is -0.385 e. The molecule has 1 heterocycles. The molecule has 6 nitrogen and oxygen atoms in total. The van der Waals surface area contributed by atoms with Gasteiger partial charge in [0.25, 0.3) is 0 Å². The van der Waals surface area contributed by atoms with Crippen molar-refractivity contribution in [3.63, 3.8) is 0 Å². The van der Waals surface area contributed by atoms with Gasteiger partial charge in [0.15, 0.2) is 0 Å². The smallest absolute Gasteiger partial charge is 0.349 e. The molecule has 9 heteroatoms. The van der Waals surface area contributed by atoms with Gasteiger partial charge in [-0.3, -0.25) is 9.36 Å². The van der Waals surface area contributed by atoms with Crippen LogP contribution in [0.2, 0.25) is 0 Å². The molecule has 0 aliphatic rings. The van der Waals surface area contributed by atoms with Gasteiger partial charge < -0.3 is 11.5 Å². The third-order valence-electron chi connectivity index (χ3n) is 2.60. The summed E-state index contributed by atoms with van der Waals surface area (Å²) in [4.78, 5) is 26.8. The average Bonchev–Trinajstić information content (AvgIpc) is 2.21. The van der Waals surface area contributed by atoms with E-state index in [9.17, 15) is 9.59 Å². The second-order valence-electron chi connectivity index (χ2n) is 4.64. The van der Waals surface area contributed by atoms with E-state index < -0.39 is 15.4 Å². The zero-order valence-electron chi connectivity index (χ0n) is 11.0. The molecule has 0 unspecified atom stereocenters. The van der Waals surface area contributed by atoms with Crippen LogP contribution in [0.5, 0.6) is 0 Å². The quantitative estimate of drug-likeness (QED) is 0.806. The van der Waals surface area contributed by atoms with Gasteiger partial charge in [-0.2, -0.15) is 4.98 Å².